The van der Waals surface area contributed by atoms with Gasteiger partial charge in [-0.2, -0.15) is 11.8 Å². The zero-order valence-corrected chi connectivity index (χ0v) is 11.6. The van der Waals surface area contributed by atoms with Crippen molar-refractivity contribution in [1.82, 2.24) is 5.32 Å². The van der Waals surface area contributed by atoms with Gasteiger partial charge in [-0.05, 0) is 37.5 Å². The molecule has 1 aliphatic carbocycles. The van der Waals surface area contributed by atoms with E-state index in [0.29, 0.717) is 18.6 Å². The minimum atomic E-state index is 0.320. The Hall–Kier alpha value is 0.270. The Kier molecular flexibility index (Phi) is 7.50. The first-order valence-corrected chi connectivity index (χ1v) is 7.79. The largest absolute Gasteiger partial charge is 0.396 e. The SMILES string of the molecule is CNC(CSCC(C)CO)C1CCCCC1. The van der Waals surface area contributed by atoms with Crippen molar-refractivity contribution in [3.8, 4) is 0 Å². The maximum absolute atomic E-state index is 8.98. The van der Waals surface area contributed by atoms with Crippen molar-refractivity contribution in [2.45, 2.75) is 45.1 Å². The summed E-state index contributed by atoms with van der Waals surface area (Å²) in [6.07, 6.45) is 7.08. The molecule has 2 atom stereocenters. The summed E-state index contributed by atoms with van der Waals surface area (Å²) in [4.78, 5) is 0. The number of hydrogen-bond acceptors (Lipinski definition) is 3. The molecule has 0 saturated heterocycles. The summed E-state index contributed by atoms with van der Waals surface area (Å²) < 4.78 is 0. The Morgan fingerprint density at radius 3 is 2.50 bits per heavy atom. The van der Waals surface area contributed by atoms with Gasteiger partial charge in [0.1, 0.15) is 0 Å². The van der Waals surface area contributed by atoms with Crippen molar-refractivity contribution >= 4 is 11.8 Å². The van der Waals surface area contributed by atoms with Crippen LogP contribution < -0.4 is 5.32 Å². The maximum Gasteiger partial charge on any atom is 0.0464 e. The zero-order valence-electron chi connectivity index (χ0n) is 10.7. The van der Waals surface area contributed by atoms with E-state index in [4.69, 9.17) is 5.11 Å². The predicted molar refractivity (Wildman–Crippen MR) is 73.0 cm³/mol. The average Bonchev–Trinajstić information content (AvgIpc) is 2.35. The van der Waals surface area contributed by atoms with Gasteiger partial charge in [-0.15, -0.1) is 0 Å². The molecule has 2 unspecified atom stereocenters. The van der Waals surface area contributed by atoms with Crippen molar-refractivity contribution in [3.63, 3.8) is 0 Å². The molecule has 2 N–H and O–H groups in total. The second kappa shape index (κ2) is 8.37. The molecule has 1 aliphatic rings. The van der Waals surface area contributed by atoms with Gasteiger partial charge in [-0.3, -0.25) is 0 Å². The van der Waals surface area contributed by atoms with Crippen LogP contribution in [-0.2, 0) is 0 Å². The van der Waals surface area contributed by atoms with E-state index in [9.17, 15) is 0 Å². The number of aliphatic hydroxyl groups is 1. The Labute approximate surface area is 105 Å². The molecule has 0 aromatic carbocycles. The molecule has 0 aromatic rings. The molecule has 0 heterocycles. The lowest BCUT2D eigenvalue weighted by molar-refractivity contribution is 0.250. The fourth-order valence-corrected chi connectivity index (χ4v) is 3.78. The Bertz CT molecular complexity index is 171. The van der Waals surface area contributed by atoms with Gasteiger partial charge in [0.15, 0.2) is 0 Å². The van der Waals surface area contributed by atoms with Crippen LogP contribution in [0.3, 0.4) is 0 Å². The molecule has 1 fully saturated rings. The molecule has 1 saturated carbocycles. The number of hydrogen-bond donors (Lipinski definition) is 2. The van der Waals surface area contributed by atoms with Gasteiger partial charge >= 0.3 is 0 Å². The average molecular weight is 245 g/mol. The first-order chi connectivity index (χ1) is 7.77. The van der Waals surface area contributed by atoms with Gasteiger partial charge < -0.3 is 10.4 Å². The molecule has 0 radical (unpaired) electrons. The zero-order chi connectivity index (χ0) is 11.8. The van der Waals surface area contributed by atoms with E-state index in [1.54, 1.807) is 0 Å². The van der Waals surface area contributed by atoms with E-state index in [1.165, 1.54) is 37.9 Å². The smallest absolute Gasteiger partial charge is 0.0464 e. The summed E-state index contributed by atoms with van der Waals surface area (Å²) >= 11 is 1.99. The molecule has 0 spiro atoms. The van der Waals surface area contributed by atoms with Gasteiger partial charge in [0.05, 0.1) is 0 Å². The highest BCUT2D eigenvalue weighted by Gasteiger charge is 2.22. The highest BCUT2D eigenvalue weighted by Crippen LogP contribution is 2.28. The number of nitrogens with one attached hydrogen (secondary N) is 1. The van der Waals surface area contributed by atoms with Gasteiger partial charge in [0.2, 0.25) is 0 Å². The summed E-state index contributed by atoms with van der Waals surface area (Å²) in [5.74, 6) is 3.61. The highest BCUT2D eigenvalue weighted by molar-refractivity contribution is 7.99. The van der Waals surface area contributed by atoms with Crippen LogP contribution in [-0.4, -0.2) is 36.3 Å². The lowest BCUT2D eigenvalue weighted by Gasteiger charge is -2.30. The van der Waals surface area contributed by atoms with Crippen molar-refractivity contribution in [1.29, 1.82) is 0 Å². The monoisotopic (exact) mass is 245 g/mol. The lowest BCUT2D eigenvalue weighted by Crippen LogP contribution is -2.37. The Morgan fingerprint density at radius 1 is 1.25 bits per heavy atom. The Balaban J connectivity index is 2.19. The minimum absolute atomic E-state index is 0.320. The van der Waals surface area contributed by atoms with Crippen molar-refractivity contribution in [3.05, 3.63) is 0 Å². The third-order valence-electron chi connectivity index (χ3n) is 3.60. The molecular weight excluding hydrogens is 218 g/mol. The van der Waals surface area contributed by atoms with Crippen LogP contribution in [0.4, 0.5) is 0 Å². The highest BCUT2D eigenvalue weighted by atomic mass is 32.2. The molecule has 96 valence electrons. The molecule has 16 heavy (non-hydrogen) atoms. The minimum Gasteiger partial charge on any atom is -0.396 e. The van der Waals surface area contributed by atoms with Gasteiger partial charge in [0.25, 0.3) is 0 Å². The second-order valence-corrected chi connectivity index (χ2v) is 6.19. The van der Waals surface area contributed by atoms with Crippen LogP contribution in [0.5, 0.6) is 0 Å². The van der Waals surface area contributed by atoms with E-state index >= 15 is 0 Å². The van der Waals surface area contributed by atoms with Gasteiger partial charge in [0, 0.05) is 18.4 Å². The standard InChI is InChI=1S/C13H27NOS/c1-11(8-15)9-16-10-13(14-2)12-6-4-3-5-7-12/h11-15H,3-10H2,1-2H3. The second-order valence-electron chi connectivity index (χ2n) is 5.12. The molecule has 2 nitrogen and oxygen atoms in total. The molecule has 0 bridgehead atoms. The number of thioether (sulfide) groups is 1. The van der Waals surface area contributed by atoms with Crippen molar-refractivity contribution in [2.24, 2.45) is 11.8 Å². The molecule has 0 aliphatic heterocycles. The summed E-state index contributed by atoms with van der Waals surface area (Å²) in [5, 5.41) is 12.5. The number of aliphatic hydroxyl groups excluding tert-OH is 1. The van der Waals surface area contributed by atoms with E-state index in [-0.39, 0.29) is 0 Å². The molecule has 0 aromatic heterocycles. The fourth-order valence-electron chi connectivity index (χ4n) is 2.44. The van der Waals surface area contributed by atoms with Crippen LogP contribution in [0.2, 0.25) is 0 Å². The van der Waals surface area contributed by atoms with E-state index < -0.39 is 0 Å². The molecule has 1 rings (SSSR count). The van der Waals surface area contributed by atoms with Crippen LogP contribution in [0, 0.1) is 11.8 Å². The third-order valence-corrected chi connectivity index (χ3v) is 5.00. The number of rotatable bonds is 7. The predicted octanol–water partition coefficient (Wildman–Crippen LogP) is 2.52. The van der Waals surface area contributed by atoms with Crippen LogP contribution in [0.15, 0.2) is 0 Å². The summed E-state index contributed by atoms with van der Waals surface area (Å²) in [7, 11) is 2.09. The van der Waals surface area contributed by atoms with Gasteiger partial charge in [-0.1, -0.05) is 26.2 Å². The van der Waals surface area contributed by atoms with E-state index in [0.717, 1.165) is 11.7 Å². The summed E-state index contributed by atoms with van der Waals surface area (Å²) in [6, 6.07) is 0.677. The molecule has 0 amide bonds. The van der Waals surface area contributed by atoms with Crippen LogP contribution in [0.25, 0.3) is 0 Å². The van der Waals surface area contributed by atoms with Gasteiger partial charge in [-0.25, -0.2) is 0 Å². The first-order valence-electron chi connectivity index (χ1n) is 6.63. The molecular formula is C13H27NOS. The van der Waals surface area contributed by atoms with E-state index in [2.05, 4.69) is 19.3 Å². The first kappa shape index (κ1) is 14.3. The van der Waals surface area contributed by atoms with Crippen molar-refractivity contribution < 1.29 is 5.11 Å². The third kappa shape index (κ3) is 5.07. The lowest BCUT2D eigenvalue weighted by atomic mass is 9.84. The van der Waals surface area contributed by atoms with Crippen LogP contribution >= 0.6 is 11.8 Å². The van der Waals surface area contributed by atoms with E-state index in [1.807, 2.05) is 11.8 Å². The summed E-state index contributed by atoms with van der Waals surface area (Å²) in [5.41, 5.74) is 0. The molecule has 3 heteroatoms. The summed E-state index contributed by atoms with van der Waals surface area (Å²) in [6.45, 7) is 2.43. The van der Waals surface area contributed by atoms with Crippen LogP contribution in [0.1, 0.15) is 39.0 Å². The quantitative estimate of drug-likeness (QED) is 0.723. The fraction of sp³-hybridized carbons (Fsp3) is 1.00. The van der Waals surface area contributed by atoms with Crippen molar-refractivity contribution in [2.75, 3.05) is 25.2 Å². The maximum atomic E-state index is 8.98. The topological polar surface area (TPSA) is 32.3 Å². The normalized spacial score (nSPS) is 21.9. The Morgan fingerprint density at radius 2 is 1.94 bits per heavy atom.